The maximum atomic E-state index is 13.2. The van der Waals surface area contributed by atoms with Crippen molar-refractivity contribution < 1.29 is 19.4 Å². The normalized spacial score (nSPS) is 51.0. The number of carbonyl (C=O) groups excluding carboxylic acids is 1. The van der Waals surface area contributed by atoms with E-state index in [4.69, 9.17) is 9.47 Å². The molecule has 5 rings (SSSR count). The molecule has 1 saturated heterocycles. The number of aliphatic hydroxyl groups excluding tert-OH is 1. The van der Waals surface area contributed by atoms with E-state index in [-0.39, 0.29) is 22.9 Å². The van der Waals surface area contributed by atoms with Crippen LogP contribution in [0.2, 0.25) is 0 Å². The zero-order chi connectivity index (χ0) is 17.4. The molecule has 4 fully saturated rings. The maximum Gasteiger partial charge on any atom is 0.174 e. The summed E-state index contributed by atoms with van der Waals surface area (Å²) in [6, 6.07) is 0. The number of hydrogen-bond acceptors (Lipinski definition) is 4. The minimum absolute atomic E-state index is 0.0454. The quantitative estimate of drug-likeness (QED) is 0.732. The fourth-order valence-corrected chi connectivity index (χ4v) is 7.27. The molecule has 25 heavy (non-hydrogen) atoms. The van der Waals surface area contributed by atoms with Crippen LogP contribution in [0.5, 0.6) is 0 Å². The Kier molecular flexibility index (Phi) is 3.41. The molecule has 1 spiro atoms. The van der Waals surface area contributed by atoms with E-state index in [0.29, 0.717) is 37.3 Å². The van der Waals surface area contributed by atoms with E-state index in [1.165, 1.54) is 5.57 Å². The van der Waals surface area contributed by atoms with Crippen LogP contribution in [-0.2, 0) is 14.3 Å². The van der Waals surface area contributed by atoms with Crippen molar-refractivity contribution in [2.24, 2.45) is 28.6 Å². The Balaban J connectivity index is 1.54. The van der Waals surface area contributed by atoms with Gasteiger partial charge in [-0.25, -0.2) is 0 Å². The third-order valence-electron chi connectivity index (χ3n) is 8.72. The van der Waals surface area contributed by atoms with E-state index < -0.39 is 5.79 Å². The lowest BCUT2D eigenvalue weighted by molar-refractivity contribution is -0.240. The lowest BCUT2D eigenvalue weighted by Crippen LogP contribution is -2.57. The summed E-state index contributed by atoms with van der Waals surface area (Å²) >= 11 is 0. The van der Waals surface area contributed by atoms with Gasteiger partial charge in [-0.05, 0) is 61.9 Å². The van der Waals surface area contributed by atoms with E-state index in [0.717, 1.165) is 38.5 Å². The molecular formula is C21H30O4. The molecule has 3 saturated carbocycles. The summed E-state index contributed by atoms with van der Waals surface area (Å²) < 4.78 is 12.3. The molecule has 0 radical (unpaired) electrons. The monoisotopic (exact) mass is 346 g/mol. The Morgan fingerprint density at radius 3 is 2.52 bits per heavy atom. The highest BCUT2D eigenvalue weighted by Gasteiger charge is 2.67. The number of ether oxygens (including phenoxy) is 2. The second-order valence-electron chi connectivity index (χ2n) is 9.57. The van der Waals surface area contributed by atoms with Crippen molar-refractivity contribution in [2.45, 2.75) is 70.7 Å². The van der Waals surface area contributed by atoms with E-state index in [9.17, 15) is 9.90 Å². The lowest BCUT2D eigenvalue weighted by atomic mass is 9.47. The Labute approximate surface area is 150 Å². The molecule has 1 N–H and O–H groups in total. The first kappa shape index (κ1) is 16.5. The summed E-state index contributed by atoms with van der Waals surface area (Å²) in [6.45, 7) is 6.03. The highest BCUT2D eigenvalue weighted by molar-refractivity contribution is 5.94. The van der Waals surface area contributed by atoms with Crippen LogP contribution in [0.1, 0.15) is 58.8 Å². The number of carbonyl (C=O) groups is 1. The van der Waals surface area contributed by atoms with Gasteiger partial charge < -0.3 is 14.6 Å². The zero-order valence-corrected chi connectivity index (χ0v) is 15.4. The average molecular weight is 346 g/mol. The summed E-state index contributed by atoms with van der Waals surface area (Å²) in [5.74, 6) is 0.740. The van der Waals surface area contributed by atoms with Crippen LogP contribution in [0, 0.1) is 28.6 Å². The molecule has 0 amide bonds. The van der Waals surface area contributed by atoms with Gasteiger partial charge in [0.25, 0.3) is 0 Å². The van der Waals surface area contributed by atoms with Gasteiger partial charge in [-0.3, -0.25) is 4.79 Å². The highest BCUT2D eigenvalue weighted by Crippen LogP contribution is 2.67. The van der Waals surface area contributed by atoms with E-state index in [1.807, 2.05) is 6.08 Å². The first-order valence-electron chi connectivity index (χ1n) is 10.1. The zero-order valence-electron chi connectivity index (χ0n) is 15.4. The van der Waals surface area contributed by atoms with Crippen molar-refractivity contribution in [3.8, 4) is 0 Å². The second-order valence-corrected chi connectivity index (χ2v) is 9.57. The predicted octanol–water partition coefficient (Wildman–Crippen LogP) is 3.23. The van der Waals surface area contributed by atoms with Gasteiger partial charge in [0.15, 0.2) is 11.6 Å². The molecule has 0 aromatic rings. The van der Waals surface area contributed by atoms with Gasteiger partial charge in [-0.2, -0.15) is 0 Å². The smallest absolute Gasteiger partial charge is 0.174 e. The van der Waals surface area contributed by atoms with Crippen LogP contribution < -0.4 is 0 Å². The molecule has 4 heteroatoms. The van der Waals surface area contributed by atoms with Gasteiger partial charge in [0.2, 0.25) is 0 Å². The van der Waals surface area contributed by atoms with Crippen LogP contribution in [0.15, 0.2) is 11.6 Å². The molecule has 0 aromatic carbocycles. The summed E-state index contributed by atoms with van der Waals surface area (Å²) in [6.07, 6.45) is 8.31. The lowest BCUT2D eigenvalue weighted by Gasteiger charge is -2.57. The SMILES string of the molecule is C[C@]12CC[C@H](O)CC1=CC(=O)C1C2CC[C@@]2(C)C1CCC21OCCO1. The number of fused-ring (bicyclic) bond motifs is 6. The number of allylic oxidation sites excluding steroid dienone is 1. The summed E-state index contributed by atoms with van der Waals surface area (Å²) in [5.41, 5.74) is 1.25. The first-order chi connectivity index (χ1) is 11.9. The van der Waals surface area contributed by atoms with Crippen LogP contribution in [0.4, 0.5) is 0 Å². The molecule has 138 valence electrons. The molecule has 4 aliphatic carbocycles. The fraction of sp³-hybridized carbons (Fsp3) is 0.857. The van der Waals surface area contributed by atoms with Crippen molar-refractivity contribution in [2.75, 3.05) is 13.2 Å². The molecule has 0 aromatic heterocycles. The Bertz CT molecular complexity index is 634. The largest absolute Gasteiger partial charge is 0.393 e. The number of ketones is 1. The van der Waals surface area contributed by atoms with Gasteiger partial charge in [0.05, 0.1) is 19.3 Å². The topological polar surface area (TPSA) is 55.8 Å². The molecule has 3 unspecified atom stereocenters. The van der Waals surface area contributed by atoms with Crippen LogP contribution >= 0.6 is 0 Å². The van der Waals surface area contributed by atoms with Crippen LogP contribution in [0.3, 0.4) is 0 Å². The van der Waals surface area contributed by atoms with Gasteiger partial charge in [0.1, 0.15) is 0 Å². The van der Waals surface area contributed by atoms with Crippen molar-refractivity contribution in [3.63, 3.8) is 0 Å². The standard InChI is InChI=1S/C21H30O4/c1-19-6-3-14(22)11-13(19)12-17(23)18-15(19)4-7-20(2)16(18)5-8-21(20)24-9-10-25-21/h12,14-16,18,22H,3-11H2,1-2H3/t14-,15?,16?,18?,19-,20-/m0/s1. The van der Waals surface area contributed by atoms with Gasteiger partial charge >= 0.3 is 0 Å². The molecule has 1 aliphatic heterocycles. The van der Waals surface area contributed by atoms with E-state index in [1.54, 1.807) is 0 Å². The molecule has 1 heterocycles. The molecule has 5 aliphatic rings. The van der Waals surface area contributed by atoms with Crippen molar-refractivity contribution in [3.05, 3.63) is 11.6 Å². The minimum atomic E-state index is -0.448. The highest BCUT2D eigenvalue weighted by atomic mass is 16.7. The van der Waals surface area contributed by atoms with Crippen molar-refractivity contribution >= 4 is 5.78 Å². The third kappa shape index (κ3) is 1.97. The molecule has 0 bridgehead atoms. The number of aliphatic hydroxyl groups is 1. The molecule has 4 nitrogen and oxygen atoms in total. The van der Waals surface area contributed by atoms with Gasteiger partial charge in [-0.1, -0.05) is 19.4 Å². The minimum Gasteiger partial charge on any atom is -0.393 e. The number of rotatable bonds is 0. The summed E-state index contributed by atoms with van der Waals surface area (Å²) in [5, 5.41) is 10.1. The van der Waals surface area contributed by atoms with Crippen LogP contribution in [-0.4, -0.2) is 36.0 Å². The van der Waals surface area contributed by atoms with Gasteiger partial charge in [0, 0.05) is 17.8 Å². The number of hydrogen-bond donors (Lipinski definition) is 1. The maximum absolute atomic E-state index is 13.2. The Morgan fingerprint density at radius 1 is 1.04 bits per heavy atom. The average Bonchev–Trinajstić information content (AvgIpc) is 3.17. The fourth-order valence-electron chi connectivity index (χ4n) is 7.27. The summed E-state index contributed by atoms with van der Waals surface area (Å²) in [4.78, 5) is 13.2. The Hall–Kier alpha value is -0.710. The van der Waals surface area contributed by atoms with Gasteiger partial charge in [-0.15, -0.1) is 0 Å². The predicted molar refractivity (Wildman–Crippen MR) is 92.7 cm³/mol. The molecular weight excluding hydrogens is 316 g/mol. The van der Waals surface area contributed by atoms with E-state index in [2.05, 4.69) is 13.8 Å². The van der Waals surface area contributed by atoms with E-state index >= 15 is 0 Å². The first-order valence-corrected chi connectivity index (χ1v) is 10.1. The third-order valence-corrected chi connectivity index (χ3v) is 8.72. The molecule has 6 atom stereocenters. The van der Waals surface area contributed by atoms with Crippen molar-refractivity contribution in [1.29, 1.82) is 0 Å². The second kappa shape index (κ2) is 5.17. The summed E-state index contributed by atoms with van der Waals surface area (Å²) in [7, 11) is 0. The van der Waals surface area contributed by atoms with Crippen LogP contribution in [0.25, 0.3) is 0 Å². The Morgan fingerprint density at radius 2 is 1.76 bits per heavy atom. The van der Waals surface area contributed by atoms with Crippen molar-refractivity contribution in [1.82, 2.24) is 0 Å².